The van der Waals surface area contributed by atoms with Gasteiger partial charge in [0.2, 0.25) is 0 Å². The van der Waals surface area contributed by atoms with E-state index in [1.807, 2.05) is 0 Å². The summed E-state index contributed by atoms with van der Waals surface area (Å²) in [5.74, 6) is -0.950. The number of carbonyl (C=O) groups is 3. The molecule has 0 aliphatic rings. The first-order chi connectivity index (χ1) is 31.0. The van der Waals surface area contributed by atoms with Gasteiger partial charge in [-0.2, -0.15) is 0 Å². The highest BCUT2D eigenvalue weighted by Crippen LogP contribution is 2.14. The fourth-order valence-corrected chi connectivity index (χ4v) is 6.83. The number of ether oxygens (including phenoxy) is 3. The van der Waals surface area contributed by atoms with E-state index in [1.165, 1.54) is 57.8 Å². The maximum Gasteiger partial charge on any atom is 0.306 e. The van der Waals surface area contributed by atoms with E-state index in [4.69, 9.17) is 14.2 Å². The van der Waals surface area contributed by atoms with Crippen molar-refractivity contribution in [1.29, 1.82) is 0 Å². The standard InChI is InChI=1S/C57H94O6/c1-4-7-10-13-16-19-22-25-27-28-29-30-33-35-38-41-44-47-50-56(59)62-53-54(52-61-55(58)49-46-43-40-37-34-31-24-21-18-15-12-9-6-3)63-57(60)51-48-45-42-39-36-32-26-23-20-17-14-11-8-5-2/h8-9,11-12,15,17-18,20-22,24-25,27-30,54H,4-7,10,13-14,16,19,23,26,31-53H2,1-3H3/b11-8+,12-9+,18-15+,20-17+,24-21+,25-22+,28-27+,30-29+. The average molecular weight is 875 g/mol. The number of hydrogen-bond acceptors (Lipinski definition) is 6. The van der Waals surface area contributed by atoms with Gasteiger partial charge in [-0.25, -0.2) is 0 Å². The van der Waals surface area contributed by atoms with Crippen LogP contribution in [0.1, 0.15) is 226 Å². The summed E-state index contributed by atoms with van der Waals surface area (Å²) in [6.07, 6.45) is 66.7. The molecule has 0 aromatic rings. The van der Waals surface area contributed by atoms with Crippen molar-refractivity contribution < 1.29 is 28.6 Å². The van der Waals surface area contributed by atoms with Gasteiger partial charge in [0, 0.05) is 19.3 Å². The number of esters is 3. The van der Waals surface area contributed by atoms with Crippen LogP contribution >= 0.6 is 0 Å². The van der Waals surface area contributed by atoms with Gasteiger partial charge in [0.1, 0.15) is 13.2 Å². The zero-order valence-electron chi connectivity index (χ0n) is 40.8. The fraction of sp³-hybridized carbons (Fsp3) is 0.667. The molecule has 6 nitrogen and oxygen atoms in total. The second-order valence-corrected chi connectivity index (χ2v) is 16.8. The topological polar surface area (TPSA) is 78.9 Å². The molecule has 0 aromatic carbocycles. The van der Waals surface area contributed by atoms with Crippen molar-refractivity contribution in [2.24, 2.45) is 0 Å². The molecule has 0 bridgehead atoms. The number of allylic oxidation sites excluding steroid dienone is 16. The molecule has 63 heavy (non-hydrogen) atoms. The molecule has 1 atom stereocenters. The predicted molar refractivity (Wildman–Crippen MR) is 270 cm³/mol. The first-order valence-corrected chi connectivity index (χ1v) is 25.8. The van der Waals surface area contributed by atoms with Crippen molar-refractivity contribution in [1.82, 2.24) is 0 Å². The minimum absolute atomic E-state index is 0.0994. The zero-order valence-corrected chi connectivity index (χ0v) is 40.8. The van der Waals surface area contributed by atoms with Crippen LogP contribution in [0.3, 0.4) is 0 Å². The van der Waals surface area contributed by atoms with Gasteiger partial charge in [0.05, 0.1) is 0 Å². The van der Waals surface area contributed by atoms with Gasteiger partial charge in [0.15, 0.2) is 6.10 Å². The molecular weight excluding hydrogens is 781 g/mol. The van der Waals surface area contributed by atoms with Gasteiger partial charge in [0.25, 0.3) is 0 Å². The fourth-order valence-electron chi connectivity index (χ4n) is 6.83. The van der Waals surface area contributed by atoms with Crippen LogP contribution in [0.25, 0.3) is 0 Å². The van der Waals surface area contributed by atoms with Gasteiger partial charge in [-0.05, 0) is 89.9 Å². The van der Waals surface area contributed by atoms with Crippen molar-refractivity contribution in [3.05, 3.63) is 97.2 Å². The van der Waals surface area contributed by atoms with Crippen molar-refractivity contribution >= 4 is 17.9 Å². The second kappa shape index (κ2) is 51.0. The van der Waals surface area contributed by atoms with Gasteiger partial charge in [-0.1, -0.05) is 214 Å². The van der Waals surface area contributed by atoms with Crippen LogP contribution in [0, 0.1) is 0 Å². The Bertz CT molecular complexity index is 1280. The molecule has 0 fully saturated rings. The molecule has 358 valence electrons. The summed E-state index contributed by atoms with van der Waals surface area (Å²) in [5, 5.41) is 0. The first kappa shape index (κ1) is 59.3. The maximum atomic E-state index is 12.8. The monoisotopic (exact) mass is 875 g/mol. The lowest BCUT2D eigenvalue weighted by molar-refractivity contribution is -0.167. The van der Waals surface area contributed by atoms with Crippen molar-refractivity contribution in [2.75, 3.05) is 13.2 Å². The van der Waals surface area contributed by atoms with Crippen LogP contribution in [-0.2, 0) is 28.6 Å². The quantitative estimate of drug-likeness (QED) is 0.0199. The summed E-state index contributed by atoms with van der Waals surface area (Å²) >= 11 is 0. The lowest BCUT2D eigenvalue weighted by Gasteiger charge is -2.18. The van der Waals surface area contributed by atoms with E-state index in [2.05, 4.69) is 118 Å². The molecule has 0 rings (SSSR count). The third-order valence-corrected chi connectivity index (χ3v) is 10.7. The molecule has 0 aliphatic carbocycles. The lowest BCUT2D eigenvalue weighted by atomic mass is 10.1. The molecule has 0 heterocycles. The second-order valence-electron chi connectivity index (χ2n) is 16.8. The molecule has 1 unspecified atom stereocenters. The predicted octanol–water partition coefficient (Wildman–Crippen LogP) is 17.0. The van der Waals surface area contributed by atoms with Gasteiger partial charge in [-0.15, -0.1) is 0 Å². The molecule has 0 saturated heterocycles. The Labute approximate surface area is 387 Å². The molecule has 0 N–H and O–H groups in total. The van der Waals surface area contributed by atoms with Gasteiger partial charge in [-0.3, -0.25) is 14.4 Å². The van der Waals surface area contributed by atoms with Crippen LogP contribution < -0.4 is 0 Å². The highest BCUT2D eigenvalue weighted by atomic mass is 16.6. The summed E-state index contributed by atoms with van der Waals surface area (Å²) in [6.45, 7) is 6.33. The number of rotatable bonds is 45. The Balaban J connectivity index is 4.46. The summed E-state index contributed by atoms with van der Waals surface area (Å²) in [5.41, 5.74) is 0. The lowest BCUT2D eigenvalue weighted by Crippen LogP contribution is -2.30. The Morgan fingerprint density at radius 2 is 0.698 bits per heavy atom. The average Bonchev–Trinajstić information content (AvgIpc) is 3.28. The highest BCUT2D eigenvalue weighted by molar-refractivity contribution is 5.71. The molecule has 0 spiro atoms. The van der Waals surface area contributed by atoms with Crippen molar-refractivity contribution in [3.63, 3.8) is 0 Å². The smallest absolute Gasteiger partial charge is 0.306 e. The highest BCUT2D eigenvalue weighted by Gasteiger charge is 2.19. The summed E-state index contributed by atoms with van der Waals surface area (Å²) in [7, 11) is 0. The van der Waals surface area contributed by atoms with E-state index in [1.54, 1.807) is 0 Å². The minimum atomic E-state index is -0.799. The Morgan fingerprint density at radius 3 is 1.13 bits per heavy atom. The normalized spacial score (nSPS) is 12.9. The van der Waals surface area contributed by atoms with Crippen LogP contribution in [0.2, 0.25) is 0 Å². The van der Waals surface area contributed by atoms with Crippen molar-refractivity contribution in [2.45, 2.75) is 232 Å². The molecule has 0 saturated carbocycles. The molecular formula is C57H94O6. The van der Waals surface area contributed by atoms with E-state index in [0.29, 0.717) is 19.3 Å². The number of hydrogen-bond donors (Lipinski definition) is 0. The molecule has 0 aliphatic heterocycles. The number of unbranched alkanes of at least 4 members (excludes halogenated alkanes) is 22. The Kier molecular flexibility index (Phi) is 48.0. The van der Waals surface area contributed by atoms with E-state index in [9.17, 15) is 14.4 Å². The van der Waals surface area contributed by atoms with Crippen LogP contribution in [0.4, 0.5) is 0 Å². The largest absolute Gasteiger partial charge is 0.462 e. The molecule has 0 amide bonds. The minimum Gasteiger partial charge on any atom is -0.462 e. The molecule has 0 aromatic heterocycles. The Hall–Kier alpha value is -3.67. The first-order valence-electron chi connectivity index (χ1n) is 25.8. The van der Waals surface area contributed by atoms with E-state index in [0.717, 1.165) is 128 Å². The van der Waals surface area contributed by atoms with Crippen LogP contribution in [0.5, 0.6) is 0 Å². The summed E-state index contributed by atoms with van der Waals surface area (Å²) in [6, 6.07) is 0. The van der Waals surface area contributed by atoms with E-state index < -0.39 is 6.10 Å². The van der Waals surface area contributed by atoms with E-state index >= 15 is 0 Å². The van der Waals surface area contributed by atoms with Crippen LogP contribution in [-0.4, -0.2) is 37.2 Å². The van der Waals surface area contributed by atoms with Crippen molar-refractivity contribution in [3.8, 4) is 0 Å². The van der Waals surface area contributed by atoms with E-state index in [-0.39, 0.29) is 31.1 Å². The summed E-state index contributed by atoms with van der Waals surface area (Å²) in [4.78, 5) is 38.0. The van der Waals surface area contributed by atoms with Gasteiger partial charge < -0.3 is 14.2 Å². The van der Waals surface area contributed by atoms with Gasteiger partial charge >= 0.3 is 17.9 Å². The zero-order chi connectivity index (χ0) is 45.8. The third kappa shape index (κ3) is 49.2. The summed E-state index contributed by atoms with van der Waals surface area (Å²) < 4.78 is 16.8. The molecule has 6 heteroatoms. The SMILES string of the molecule is CC/C=C/C=C/C=C/CCCCCCCC(=O)OCC(COC(=O)CCCCCCC/C=C/C=C/C=C/CCCCCCC)OC(=O)CCCCCCCCC/C=C/C/C=C/CC. The number of carbonyl (C=O) groups excluding carboxylic acids is 3. The maximum absolute atomic E-state index is 12.8. The third-order valence-electron chi connectivity index (χ3n) is 10.7. The molecule has 0 radical (unpaired) electrons. The Morgan fingerprint density at radius 1 is 0.349 bits per heavy atom. The van der Waals surface area contributed by atoms with Crippen LogP contribution in [0.15, 0.2) is 97.2 Å².